The van der Waals surface area contributed by atoms with E-state index in [1.165, 1.54) is 25.3 Å². The maximum Gasteiger partial charge on any atom is 0.273 e. The van der Waals surface area contributed by atoms with Gasteiger partial charge in [0.2, 0.25) is 5.91 Å². The second kappa shape index (κ2) is 8.60. The van der Waals surface area contributed by atoms with Crippen molar-refractivity contribution in [1.29, 1.82) is 0 Å². The van der Waals surface area contributed by atoms with Crippen LogP contribution < -0.4 is 20.1 Å². The summed E-state index contributed by atoms with van der Waals surface area (Å²) in [5.41, 5.74) is 2.01. The van der Waals surface area contributed by atoms with Gasteiger partial charge in [-0.3, -0.25) is 14.9 Å². The summed E-state index contributed by atoms with van der Waals surface area (Å²) < 4.78 is 10.5. The Balaban J connectivity index is 2.12. The smallest absolute Gasteiger partial charge is 0.273 e. The molecule has 0 saturated heterocycles. The molecule has 0 spiro atoms. The number of nitrogens with zero attached hydrogens (tertiary/aromatic N) is 1. The fraction of sp³-hybridized carbons (Fsp3) is 0.350. The maximum absolute atomic E-state index is 12.4. The van der Waals surface area contributed by atoms with E-state index in [2.05, 4.69) is 31.4 Å². The summed E-state index contributed by atoms with van der Waals surface area (Å²) in [5, 5.41) is 16.6. The van der Waals surface area contributed by atoms with Crippen LogP contribution in [0.15, 0.2) is 36.4 Å². The predicted octanol–water partition coefficient (Wildman–Crippen LogP) is 3.96. The molecule has 0 saturated carbocycles. The van der Waals surface area contributed by atoms with Crippen molar-refractivity contribution >= 4 is 23.0 Å². The van der Waals surface area contributed by atoms with Crippen molar-refractivity contribution in [3.63, 3.8) is 0 Å². The van der Waals surface area contributed by atoms with Gasteiger partial charge in [-0.05, 0) is 29.2 Å². The van der Waals surface area contributed by atoms with Gasteiger partial charge in [-0.15, -0.1) is 0 Å². The van der Waals surface area contributed by atoms with Crippen LogP contribution >= 0.6 is 0 Å². The van der Waals surface area contributed by atoms with E-state index in [-0.39, 0.29) is 29.3 Å². The van der Waals surface area contributed by atoms with E-state index in [0.29, 0.717) is 17.1 Å². The van der Waals surface area contributed by atoms with Crippen molar-refractivity contribution in [2.24, 2.45) is 0 Å². The number of anilines is 2. The van der Waals surface area contributed by atoms with Crippen LogP contribution in [0.25, 0.3) is 0 Å². The lowest BCUT2D eigenvalue weighted by Gasteiger charge is -2.21. The molecule has 2 aromatic carbocycles. The van der Waals surface area contributed by atoms with Crippen LogP contribution in [0, 0.1) is 10.1 Å². The number of rotatable bonds is 7. The van der Waals surface area contributed by atoms with E-state index < -0.39 is 4.92 Å². The second-order valence-corrected chi connectivity index (χ2v) is 7.21. The number of ether oxygens (including phenoxy) is 2. The van der Waals surface area contributed by atoms with Crippen molar-refractivity contribution in [3.05, 3.63) is 52.1 Å². The topological polar surface area (TPSA) is 103 Å². The molecule has 0 aliphatic heterocycles. The molecule has 150 valence electrons. The zero-order valence-electron chi connectivity index (χ0n) is 16.7. The van der Waals surface area contributed by atoms with Crippen LogP contribution in [0.3, 0.4) is 0 Å². The summed E-state index contributed by atoms with van der Waals surface area (Å²) in [6.07, 6.45) is 0. The zero-order chi connectivity index (χ0) is 20.9. The Morgan fingerprint density at radius 2 is 1.71 bits per heavy atom. The van der Waals surface area contributed by atoms with E-state index in [9.17, 15) is 14.9 Å². The fourth-order valence-electron chi connectivity index (χ4n) is 2.58. The molecule has 2 N–H and O–H groups in total. The number of hydrogen-bond acceptors (Lipinski definition) is 6. The molecule has 8 nitrogen and oxygen atoms in total. The van der Waals surface area contributed by atoms with Gasteiger partial charge in [0.05, 0.1) is 43.1 Å². The maximum atomic E-state index is 12.4. The van der Waals surface area contributed by atoms with Crippen molar-refractivity contribution in [3.8, 4) is 11.5 Å². The summed E-state index contributed by atoms with van der Waals surface area (Å²) in [5.74, 6) is 0.527. The minimum Gasteiger partial charge on any atom is -0.495 e. The van der Waals surface area contributed by atoms with Crippen LogP contribution in [-0.4, -0.2) is 31.6 Å². The number of methoxy groups -OCH3 is 2. The van der Waals surface area contributed by atoms with Gasteiger partial charge in [-0.2, -0.15) is 0 Å². The molecule has 2 rings (SSSR count). The lowest BCUT2D eigenvalue weighted by molar-refractivity contribution is -0.384. The monoisotopic (exact) mass is 387 g/mol. The number of hydrogen-bond donors (Lipinski definition) is 2. The molecule has 2 aromatic rings. The molecule has 0 heterocycles. The predicted molar refractivity (Wildman–Crippen MR) is 108 cm³/mol. The van der Waals surface area contributed by atoms with E-state index >= 15 is 0 Å². The molecule has 0 aromatic heterocycles. The third-order valence-electron chi connectivity index (χ3n) is 4.17. The second-order valence-electron chi connectivity index (χ2n) is 7.21. The molecule has 0 atom stereocenters. The van der Waals surface area contributed by atoms with Crippen molar-refractivity contribution in [1.82, 2.24) is 0 Å². The quantitative estimate of drug-likeness (QED) is 0.551. The SMILES string of the molecule is COc1ccc(C(C)(C)C)cc1NCC(=O)Nc1ccc([N+](=O)[O-])cc1OC. The third-order valence-corrected chi connectivity index (χ3v) is 4.17. The van der Waals surface area contributed by atoms with Crippen LogP contribution in [0.4, 0.5) is 17.1 Å². The minimum absolute atomic E-state index is 0.00982. The molecule has 28 heavy (non-hydrogen) atoms. The molecule has 0 unspecified atom stereocenters. The Morgan fingerprint density at radius 3 is 2.29 bits per heavy atom. The average molecular weight is 387 g/mol. The summed E-state index contributed by atoms with van der Waals surface area (Å²) >= 11 is 0. The highest BCUT2D eigenvalue weighted by molar-refractivity contribution is 5.95. The van der Waals surface area contributed by atoms with Gasteiger partial charge in [-0.25, -0.2) is 0 Å². The number of nitro groups is 1. The largest absolute Gasteiger partial charge is 0.495 e. The first kappa shape index (κ1) is 21.0. The van der Waals surface area contributed by atoms with Crippen LogP contribution in [0.1, 0.15) is 26.3 Å². The average Bonchev–Trinajstić information content (AvgIpc) is 2.65. The highest BCUT2D eigenvalue weighted by Crippen LogP contribution is 2.32. The number of non-ortho nitro benzene ring substituents is 1. The Morgan fingerprint density at radius 1 is 1.04 bits per heavy atom. The molecule has 0 fully saturated rings. The molecule has 0 aliphatic carbocycles. The van der Waals surface area contributed by atoms with Crippen LogP contribution in [-0.2, 0) is 10.2 Å². The highest BCUT2D eigenvalue weighted by Gasteiger charge is 2.17. The number of carbonyl (C=O) groups excluding carboxylic acids is 1. The molecule has 0 radical (unpaired) electrons. The first-order valence-electron chi connectivity index (χ1n) is 8.70. The fourth-order valence-corrected chi connectivity index (χ4v) is 2.58. The zero-order valence-corrected chi connectivity index (χ0v) is 16.7. The molecular formula is C20H25N3O5. The molecular weight excluding hydrogens is 362 g/mol. The standard InChI is InChI=1S/C20H25N3O5/c1-20(2,3)13-6-9-17(27-4)16(10-13)21-12-19(24)22-15-8-7-14(23(25)26)11-18(15)28-5/h6-11,21H,12H2,1-5H3,(H,22,24). The van der Waals surface area contributed by atoms with E-state index in [1.54, 1.807) is 7.11 Å². The van der Waals surface area contributed by atoms with Gasteiger partial charge in [0.15, 0.2) is 0 Å². The number of nitro benzene ring substituents is 1. The summed E-state index contributed by atoms with van der Waals surface area (Å²) in [4.78, 5) is 22.7. The number of benzene rings is 2. The van der Waals surface area contributed by atoms with Gasteiger partial charge < -0.3 is 20.1 Å². The van der Waals surface area contributed by atoms with Crippen molar-refractivity contribution < 1.29 is 19.2 Å². The van der Waals surface area contributed by atoms with Gasteiger partial charge in [0.25, 0.3) is 5.69 Å². The molecule has 0 aliphatic rings. The minimum atomic E-state index is -0.524. The Labute approximate surface area is 164 Å². The van der Waals surface area contributed by atoms with Crippen molar-refractivity contribution in [2.75, 3.05) is 31.4 Å². The Bertz CT molecular complexity index is 875. The highest BCUT2D eigenvalue weighted by atomic mass is 16.6. The van der Waals surface area contributed by atoms with Gasteiger partial charge in [-0.1, -0.05) is 26.8 Å². The number of amides is 1. The number of nitrogens with one attached hydrogen (secondary N) is 2. The third kappa shape index (κ3) is 5.12. The van der Waals surface area contributed by atoms with Gasteiger partial charge in [0, 0.05) is 6.07 Å². The van der Waals surface area contributed by atoms with E-state index in [4.69, 9.17) is 9.47 Å². The number of carbonyl (C=O) groups is 1. The molecule has 1 amide bonds. The first-order chi connectivity index (χ1) is 13.2. The van der Waals surface area contributed by atoms with E-state index in [0.717, 1.165) is 5.56 Å². The molecule has 0 bridgehead atoms. The first-order valence-corrected chi connectivity index (χ1v) is 8.70. The normalized spacial score (nSPS) is 10.9. The summed E-state index contributed by atoms with van der Waals surface area (Å²) in [6.45, 7) is 6.30. The molecule has 8 heteroatoms. The Kier molecular flexibility index (Phi) is 6.45. The summed E-state index contributed by atoms with van der Waals surface area (Å²) in [7, 11) is 2.95. The van der Waals surface area contributed by atoms with Gasteiger partial charge >= 0.3 is 0 Å². The van der Waals surface area contributed by atoms with E-state index in [1.807, 2.05) is 18.2 Å². The lowest BCUT2D eigenvalue weighted by atomic mass is 9.87. The Hall–Kier alpha value is -3.29. The van der Waals surface area contributed by atoms with Gasteiger partial charge in [0.1, 0.15) is 11.5 Å². The van der Waals surface area contributed by atoms with Crippen LogP contribution in [0.2, 0.25) is 0 Å². The summed E-state index contributed by atoms with van der Waals surface area (Å²) in [6, 6.07) is 9.82. The van der Waals surface area contributed by atoms with Crippen molar-refractivity contribution in [2.45, 2.75) is 26.2 Å². The lowest BCUT2D eigenvalue weighted by Crippen LogP contribution is -2.22. The van der Waals surface area contributed by atoms with Crippen LogP contribution in [0.5, 0.6) is 11.5 Å².